The van der Waals surface area contributed by atoms with Crippen molar-refractivity contribution >= 4 is 23.1 Å². The lowest BCUT2D eigenvalue weighted by molar-refractivity contribution is -0.394. The Morgan fingerprint density at radius 2 is 1.65 bits per heavy atom. The van der Waals surface area contributed by atoms with E-state index in [9.17, 15) is 25.0 Å². The number of methoxy groups -OCH3 is 3. The normalized spacial score (nSPS) is 16.6. The fourth-order valence-corrected chi connectivity index (χ4v) is 3.89. The summed E-state index contributed by atoms with van der Waals surface area (Å²) in [6.45, 7) is 0. The molecule has 12 nitrogen and oxygen atoms in total. The Morgan fingerprint density at radius 3 is 2.21 bits per heavy atom. The maximum Gasteiger partial charge on any atom is 0.365 e. The second-order valence-corrected chi connectivity index (χ2v) is 7.43. The van der Waals surface area contributed by atoms with Gasteiger partial charge in [-0.15, -0.1) is 0 Å². The highest BCUT2D eigenvalue weighted by molar-refractivity contribution is 5.95. The molecule has 180 valence electrons. The van der Waals surface area contributed by atoms with Crippen molar-refractivity contribution in [1.82, 2.24) is 0 Å². The molecule has 1 aliphatic carbocycles. The molecule has 0 saturated heterocycles. The maximum atomic E-state index is 12.7. The molecule has 0 radical (unpaired) electrons. The molecule has 0 aliphatic heterocycles. The molecule has 0 spiro atoms. The number of carbonyl (C=O) groups excluding carboxylic acids is 1. The van der Waals surface area contributed by atoms with Crippen molar-refractivity contribution < 1.29 is 33.7 Å². The second-order valence-electron chi connectivity index (χ2n) is 7.43. The number of nitro groups is 2. The van der Waals surface area contributed by atoms with Crippen LogP contribution in [0.4, 0.5) is 11.4 Å². The Balaban J connectivity index is 1.92. The van der Waals surface area contributed by atoms with Gasteiger partial charge in [-0.3, -0.25) is 20.2 Å². The zero-order valence-corrected chi connectivity index (χ0v) is 18.8. The lowest BCUT2D eigenvalue weighted by Crippen LogP contribution is -2.20. The highest BCUT2D eigenvalue weighted by Gasteiger charge is 2.31. The van der Waals surface area contributed by atoms with Crippen molar-refractivity contribution in [3.63, 3.8) is 0 Å². The van der Waals surface area contributed by atoms with E-state index in [4.69, 9.17) is 19.0 Å². The van der Waals surface area contributed by atoms with Crippen LogP contribution in [-0.4, -0.2) is 42.9 Å². The predicted molar refractivity (Wildman–Crippen MR) is 120 cm³/mol. The molecule has 0 amide bonds. The van der Waals surface area contributed by atoms with Crippen LogP contribution in [-0.2, 0) is 4.84 Å². The van der Waals surface area contributed by atoms with Crippen molar-refractivity contribution in [2.24, 2.45) is 5.16 Å². The summed E-state index contributed by atoms with van der Waals surface area (Å²) in [5, 5.41) is 26.7. The van der Waals surface area contributed by atoms with Gasteiger partial charge in [-0.2, -0.15) is 0 Å². The minimum absolute atomic E-state index is 0.104. The van der Waals surface area contributed by atoms with Gasteiger partial charge in [0.15, 0.2) is 11.5 Å². The molecule has 1 saturated carbocycles. The maximum absolute atomic E-state index is 12.7. The van der Waals surface area contributed by atoms with E-state index in [0.29, 0.717) is 24.3 Å². The Morgan fingerprint density at radius 1 is 0.971 bits per heavy atom. The summed E-state index contributed by atoms with van der Waals surface area (Å²) in [6, 6.07) is 6.36. The third-order valence-corrected chi connectivity index (χ3v) is 5.52. The van der Waals surface area contributed by atoms with Crippen LogP contribution >= 0.6 is 0 Å². The molecule has 2 aromatic rings. The van der Waals surface area contributed by atoms with E-state index in [1.807, 2.05) is 0 Å². The number of hydrogen-bond acceptors (Lipinski definition) is 10. The molecule has 0 unspecified atom stereocenters. The molecule has 2 aromatic carbocycles. The first-order valence-corrected chi connectivity index (χ1v) is 10.3. The van der Waals surface area contributed by atoms with E-state index in [1.165, 1.54) is 45.6 Å². The highest BCUT2D eigenvalue weighted by atomic mass is 16.7. The van der Waals surface area contributed by atoms with Gasteiger partial charge in [0.2, 0.25) is 5.75 Å². The van der Waals surface area contributed by atoms with Crippen LogP contribution in [0.2, 0.25) is 0 Å². The summed E-state index contributed by atoms with van der Waals surface area (Å²) in [5.74, 6) is -0.459. The number of nitro benzene ring substituents is 2. The van der Waals surface area contributed by atoms with Gasteiger partial charge in [0, 0.05) is 17.5 Å². The number of nitrogens with zero attached hydrogens (tertiary/aromatic N) is 3. The van der Waals surface area contributed by atoms with Crippen LogP contribution in [0.15, 0.2) is 35.5 Å². The van der Waals surface area contributed by atoms with Gasteiger partial charge in [-0.05, 0) is 37.5 Å². The molecule has 1 fully saturated rings. The van der Waals surface area contributed by atoms with Crippen molar-refractivity contribution in [2.45, 2.75) is 31.6 Å². The standard InChI is InChI=1S/C22H23N3O9/c1-31-19-10-13(11-20(32-2)21(19)33-3)22(26)34-23-17-7-5-4-6-15(17)16-9-8-14(24(27)28)12-18(16)25(29)30/h8-12,15H,4-7H2,1-3H3/b23-17-/t15-/m0/s1. The van der Waals surface area contributed by atoms with E-state index in [1.54, 1.807) is 0 Å². The van der Waals surface area contributed by atoms with E-state index in [2.05, 4.69) is 5.16 Å². The minimum atomic E-state index is -0.783. The van der Waals surface area contributed by atoms with Crippen molar-refractivity contribution in [3.05, 3.63) is 61.7 Å². The molecule has 0 bridgehead atoms. The molecule has 0 N–H and O–H groups in total. The first-order chi connectivity index (χ1) is 16.3. The summed E-state index contributed by atoms with van der Waals surface area (Å²) < 4.78 is 15.7. The van der Waals surface area contributed by atoms with Gasteiger partial charge >= 0.3 is 5.97 Å². The molecule has 0 heterocycles. The van der Waals surface area contributed by atoms with Crippen LogP contribution in [0.1, 0.15) is 47.5 Å². The quantitative estimate of drug-likeness (QED) is 0.308. The number of carbonyl (C=O) groups is 1. The lowest BCUT2D eigenvalue weighted by atomic mass is 9.81. The number of hydrogen-bond donors (Lipinski definition) is 0. The topological polar surface area (TPSA) is 153 Å². The van der Waals surface area contributed by atoms with Gasteiger partial charge in [0.1, 0.15) is 0 Å². The smallest absolute Gasteiger partial charge is 0.365 e. The van der Waals surface area contributed by atoms with Crippen molar-refractivity contribution in [1.29, 1.82) is 0 Å². The lowest BCUT2D eigenvalue weighted by Gasteiger charge is -2.23. The van der Waals surface area contributed by atoms with Crippen LogP contribution in [0.25, 0.3) is 0 Å². The molecule has 3 rings (SSSR count). The molecular weight excluding hydrogens is 450 g/mol. The van der Waals surface area contributed by atoms with Crippen LogP contribution in [0.5, 0.6) is 17.2 Å². The van der Waals surface area contributed by atoms with E-state index >= 15 is 0 Å². The minimum Gasteiger partial charge on any atom is -0.493 e. The summed E-state index contributed by atoms with van der Waals surface area (Å²) in [5.41, 5.74) is 0.0951. The molecule has 1 aliphatic rings. The second kappa shape index (κ2) is 10.6. The van der Waals surface area contributed by atoms with E-state index in [0.717, 1.165) is 18.9 Å². The summed E-state index contributed by atoms with van der Waals surface area (Å²) >= 11 is 0. The van der Waals surface area contributed by atoms with Crippen LogP contribution < -0.4 is 14.2 Å². The Bertz CT molecular complexity index is 1120. The molecular formula is C22H23N3O9. The van der Waals surface area contributed by atoms with Gasteiger partial charge in [0.05, 0.1) is 48.5 Å². The monoisotopic (exact) mass is 473 g/mol. The van der Waals surface area contributed by atoms with Gasteiger partial charge in [-0.1, -0.05) is 11.6 Å². The van der Waals surface area contributed by atoms with Crippen molar-refractivity contribution in [2.75, 3.05) is 21.3 Å². The third-order valence-electron chi connectivity index (χ3n) is 5.52. The van der Waals surface area contributed by atoms with Gasteiger partial charge in [-0.25, -0.2) is 4.79 Å². The average molecular weight is 473 g/mol. The Kier molecular flexibility index (Phi) is 7.61. The summed E-state index contributed by atoms with van der Waals surface area (Å²) in [4.78, 5) is 39.2. The van der Waals surface area contributed by atoms with E-state index < -0.39 is 21.7 Å². The van der Waals surface area contributed by atoms with Crippen LogP contribution in [0, 0.1) is 20.2 Å². The molecule has 0 aromatic heterocycles. The van der Waals surface area contributed by atoms with Crippen molar-refractivity contribution in [3.8, 4) is 17.2 Å². The largest absolute Gasteiger partial charge is 0.493 e. The molecule has 34 heavy (non-hydrogen) atoms. The zero-order valence-electron chi connectivity index (χ0n) is 18.8. The first-order valence-electron chi connectivity index (χ1n) is 10.3. The number of oxime groups is 1. The molecule has 12 heteroatoms. The summed E-state index contributed by atoms with van der Waals surface area (Å²) in [6.07, 6.45) is 2.52. The SMILES string of the molecule is COc1cc(C(=O)O/N=C2/CCCC[C@H]2c2ccc([N+](=O)[O-])cc2[N+](=O)[O-])cc(OC)c1OC. The summed E-state index contributed by atoms with van der Waals surface area (Å²) in [7, 11) is 4.26. The van der Waals surface area contributed by atoms with Gasteiger partial charge < -0.3 is 19.0 Å². The highest BCUT2D eigenvalue weighted by Crippen LogP contribution is 2.39. The Hall–Kier alpha value is -4.22. The number of non-ortho nitro benzene ring substituents is 1. The van der Waals surface area contributed by atoms with E-state index in [-0.39, 0.29) is 34.0 Å². The van der Waals surface area contributed by atoms with Crippen LogP contribution in [0.3, 0.4) is 0 Å². The Labute approximate surface area is 194 Å². The fraction of sp³-hybridized carbons (Fsp3) is 0.364. The third kappa shape index (κ3) is 5.05. The van der Waals surface area contributed by atoms with Gasteiger partial charge in [0.25, 0.3) is 11.4 Å². The molecule has 1 atom stereocenters. The average Bonchev–Trinajstić information content (AvgIpc) is 2.85. The predicted octanol–water partition coefficient (Wildman–Crippen LogP) is 4.40. The number of rotatable bonds is 8. The fourth-order valence-electron chi connectivity index (χ4n) is 3.89. The number of ether oxygens (including phenoxy) is 3. The first kappa shape index (κ1) is 24.4. The zero-order chi connectivity index (χ0) is 24.8. The number of benzene rings is 2.